The number of oxime groups is 1. The summed E-state index contributed by atoms with van der Waals surface area (Å²) in [5, 5.41) is 8.56. The van der Waals surface area contributed by atoms with Crippen LogP contribution in [0.4, 0.5) is 13.2 Å². The molecule has 0 N–H and O–H groups in total. The summed E-state index contributed by atoms with van der Waals surface area (Å²) in [4.78, 5) is 17.8. The Morgan fingerprint density at radius 2 is 2.00 bits per heavy atom. The van der Waals surface area contributed by atoms with Crippen molar-refractivity contribution < 1.29 is 22.8 Å². The second-order valence-corrected chi connectivity index (χ2v) is 7.40. The Morgan fingerprint density at radius 3 is 2.57 bits per heavy atom. The van der Waals surface area contributed by atoms with Gasteiger partial charge in [-0.25, -0.2) is 0 Å². The van der Waals surface area contributed by atoms with Crippen LogP contribution < -0.4 is 0 Å². The molecule has 0 amide bonds. The molecule has 8 heteroatoms. The number of benzene rings is 1. The lowest BCUT2D eigenvalue weighted by atomic mass is 9.91. The number of alkyl halides is 3. The van der Waals surface area contributed by atoms with Crippen molar-refractivity contribution >= 4 is 11.5 Å². The predicted octanol–water partition coefficient (Wildman–Crippen LogP) is 4.60. The lowest BCUT2D eigenvalue weighted by Gasteiger charge is -2.21. The van der Waals surface area contributed by atoms with Crippen molar-refractivity contribution in [3.05, 3.63) is 52.3 Å². The van der Waals surface area contributed by atoms with Gasteiger partial charge in [-0.05, 0) is 44.0 Å². The zero-order chi connectivity index (χ0) is 20.7. The van der Waals surface area contributed by atoms with E-state index >= 15 is 0 Å². The summed E-state index contributed by atoms with van der Waals surface area (Å²) >= 11 is 0. The molecular formula is C20H22F3N3O2. The van der Waals surface area contributed by atoms with Crippen LogP contribution in [0.1, 0.15) is 59.1 Å². The Labute approximate surface area is 161 Å². The quantitative estimate of drug-likeness (QED) is 0.698. The van der Waals surface area contributed by atoms with Gasteiger partial charge in [-0.1, -0.05) is 17.3 Å². The summed E-state index contributed by atoms with van der Waals surface area (Å²) in [7, 11) is 1.85. The standard InChI is InChI=1S/C20H22F3N3O2/c1-12-9-14(5-6-15(12)17(27)7-8-20(21,22)23)16-11-19(3,28-25-16)18-10-13(2)24-26(18)4/h5-6,9-10H,7-8,11H2,1-4H3. The molecule has 1 aromatic heterocycles. The molecule has 5 nitrogen and oxygen atoms in total. The third kappa shape index (κ3) is 4.10. The number of aromatic nitrogens is 2. The summed E-state index contributed by atoms with van der Waals surface area (Å²) < 4.78 is 38.8. The number of carbonyl (C=O) groups is 1. The Balaban J connectivity index is 1.76. The Kier molecular flexibility index (Phi) is 5.08. The van der Waals surface area contributed by atoms with Gasteiger partial charge in [0.25, 0.3) is 0 Å². The first-order chi connectivity index (χ1) is 13.0. The Bertz CT molecular complexity index is 947. The molecule has 1 aliphatic rings. The zero-order valence-corrected chi connectivity index (χ0v) is 16.2. The topological polar surface area (TPSA) is 56.5 Å². The first kappa shape index (κ1) is 20.1. The van der Waals surface area contributed by atoms with E-state index in [1.165, 1.54) is 0 Å². The van der Waals surface area contributed by atoms with Crippen LogP contribution in [0.2, 0.25) is 0 Å². The molecule has 1 aliphatic heterocycles. The van der Waals surface area contributed by atoms with Gasteiger partial charge in [0, 0.05) is 25.5 Å². The summed E-state index contributed by atoms with van der Waals surface area (Å²) in [5.41, 5.74) is 3.56. The minimum atomic E-state index is -4.34. The van der Waals surface area contributed by atoms with Gasteiger partial charge in [-0.3, -0.25) is 9.48 Å². The number of rotatable bonds is 5. The maximum Gasteiger partial charge on any atom is 0.389 e. The van der Waals surface area contributed by atoms with Crippen LogP contribution in [0.15, 0.2) is 29.4 Å². The molecule has 0 radical (unpaired) electrons. The van der Waals surface area contributed by atoms with Crippen LogP contribution in [-0.4, -0.2) is 27.5 Å². The van der Waals surface area contributed by atoms with Gasteiger partial charge < -0.3 is 4.84 Å². The van der Waals surface area contributed by atoms with E-state index in [9.17, 15) is 18.0 Å². The highest BCUT2D eigenvalue weighted by atomic mass is 19.4. The van der Waals surface area contributed by atoms with E-state index in [2.05, 4.69) is 10.3 Å². The molecule has 0 saturated heterocycles. The second kappa shape index (κ2) is 7.07. The van der Waals surface area contributed by atoms with E-state index in [4.69, 9.17) is 4.84 Å². The van der Waals surface area contributed by atoms with Gasteiger partial charge in [0.15, 0.2) is 11.4 Å². The van der Waals surface area contributed by atoms with Crippen molar-refractivity contribution in [1.82, 2.24) is 9.78 Å². The highest BCUT2D eigenvalue weighted by molar-refractivity contribution is 6.03. The van der Waals surface area contributed by atoms with Crippen molar-refractivity contribution in [3.8, 4) is 0 Å². The molecule has 150 valence electrons. The van der Waals surface area contributed by atoms with Crippen LogP contribution in [0.3, 0.4) is 0 Å². The van der Waals surface area contributed by atoms with E-state index in [-0.39, 0.29) is 0 Å². The third-order valence-electron chi connectivity index (χ3n) is 4.90. The van der Waals surface area contributed by atoms with E-state index < -0.39 is 30.4 Å². The van der Waals surface area contributed by atoms with Crippen molar-refractivity contribution in [3.63, 3.8) is 0 Å². The number of nitrogens with zero attached hydrogens (tertiary/aromatic N) is 3. The minimum Gasteiger partial charge on any atom is -0.382 e. The van der Waals surface area contributed by atoms with E-state index in [1.54, 1.807) is 29.8 Å². The fourth-order valence-corrected chi connectivity index (χ4v) is 3.48. The number of carbonyl (C=O) groups excluding carboxylic acids is 1. The number of ketones is 1. The smallest absolute Gasteiger partial charge is 0.382 e. The molecule has 2 aromatic rings. The monoisotopic (exact) mass is 393 g/mol. The highest BCUT2D eigenvalue weighted by Crippen LogP contribution is 2.36. The average molecular weight is 393 g/mol. The molecule has 1 unspecified atom stereocenters. The highest BCUT2D eigenvalue weighted by Gasteiger charge is 2.39. The second-order valence-electron chi connectivity index (χ2n) is 7.40. The van der Waals surface area contributed by atoms with Crippen molar-refractivity contribution in [2.75, 3.05) is 0 Å². The van der Waals surface area contributed by atoms with Gasteiger partial charge in [-0.15, -0.1) is 0 Å². The van der Waals surface area contributed by atoms with E-state index in [0.29, 0.717) is 17.5 Å². The molecule has 0 saturated carbocycles. The maximum absolute atomic E-state index is 12.4. The zero-order valence-electron chi connectivity index (χ0n) is 16.2. The van der Waals surface area contributed by atoms with Gasteiger partial charge in [-0.2, -0.15) is 18.3 Å². The summed E-state index contributed by atoms with van der Waals surface area (Å²) in [6.07, 6.45) is -5.48. The van der Waals surface area contributed by atoms with Crippen molar-refractivity contribution in [2.45, 2.75) is 51.8 Å². The van der Waals surface area contributed by atoms with Crippen LogP contribution in [0.25, 0.3) is 0 Å². The molecule has 0 bridgehead atoms. The first-order valence-corrected chi connectivity index (χ1v) is 8.96. The number of halogens is 3. The SMILES string of the molecule is Cc1cc(C2(C)CC(c3ccc(C(=O)CCC(F)(F)F)c(C)c3)=NO2)n(C)n1. The molecule has 28 heavy (non-hydrogen) atoms. The van der Waals surface area contributed by atoms with Gasteiger partial charge in [0.1, 0.15) is 0 Å². The largest absolute Gasteiger partial charge is 0.389 e. The van der Waals surface area contributed by atoms with Crippen LogP contribution in [0.5, 0.6) is 0 Å². The molecule has 3 rings (SSSR count). The molecule has 0 spiro atoms. The van der Waals surface area contributed by atoms with E-state index in [1.807, 2.05) is 27.0 Å². The molecule has 1 aromatic carbocycles. The summed E-state index contributed by atoms with van der Waals surface area (Å²) in [6, 6.07) is 6.99. The molecule has 0 fully saturated rings. The maximum atomic E-state index is 12.4. The Hall–Kier alpha value is -2.64. The summed E-state index contributed by atoms with van der Waals surface area (Å²) in [6.45, 7) is 5.55. The summed E-state index contributed by atoms with van der Waals surface area (Å²) in [5.74, 6) is -0.513. The van der Waals surface area contributed by atoms with Crippen LogP contribution >= 0.6 is 0 Å². The lowest BCUT2D eigenvalue weighted by Crippen LogP contribution is -2.25. The first-order valence-electron chi connectivity index (χ1n) is 8.96. The fraction of sp³-hybridized carbons (Fsp3) is 0.450. The number of Topliss-reactive ketones (excluding diaryl/α,β-unsaturated/α-hetero) is 1. The molecule has 0 aliphatic carbocycles. The number of hydrogen-bond acceptors (Lipinski definition) is 4. The minimum absolute atomic E-state index is 0.303. The van der Waals surface area contributed by atoms with Crippen molar-refractivity contribution in [2.24, 2.45) is 12.2 Å². The third-order valence-corrected chi connectivity index (χ3v) is 4.90. The lowest BCUT2D eigenvalue weighted by molar-refractivity contribution is -0.133. The Morgan fingerprint density at radius 1 is 1.29 bits per heavy atom. The van der Waals surface area contributed by atoms with Crippen LogP contribution in [0, 0.1) is 13.8 Å². The van der Waals surface area contributed by atoms with Gasteiger partial charge in [0.2, 0.25) is 0 Å². The predicted molar refractivity (Wildman–Crippen MR) is 98.3 cm³/mol. The molecular weight excluding hydrogens is 371 g/mol. The van der Waals surface area contributed by atoms with E-state index in [0.717, 1.165) is 22.7 Å². The van der Waals surface area contributed by atoms with Crippen molar-refractivity contribution in [1.29, 1.82) is 0 Å². The fourth-order valence-electron chi connectivity index (χ4n) is 3.48. The normalized spacial score (nSPS) is 19.5. The number of hydrogen-bond donors (Lipinski definition) is 0. The van der Waals surface area contributed by atoms with Crippen LogP contribution in [-0.2, 0) is 17.5 Å². The number of aryl methyl sites for hydroxylation is 3. The molecule has 2 heterocycles. The van der Waals surface area contributed by atoms with Gasteiger partial charge >= 0.3 is 6.18 Å². The van der Waals surface area contributed by atoms with Gasteiger partial charge in [0.05, 0.1) is 23.5 Å². The molecule has 1 atom stereocenters. The average Bonchev–Trinajstić information content (AvgIpc) is 3.15.